The monoisotopic (exact) mass is 477 g/mol. The minimum Gasteiger partial charge on any atom is -0.496 e. The van der Waals surface area contributed by atoms with Crippen LogP contribution in [0.4, 0.5) is 16.4 Å². The predicted octanol–water partition coefficient (Wildman–Crippen LogP) is 3.00. The van der Waals surface area contributed by atoms with Gasteiger partial charge in [-0.3, -0.25) is 9.88 Å². The van der Waals surface area contributed by atoms with Crippen LogP contribution in [0.15, 0.2) is 55.1 Å². The van der Waals surface area contributed by atoms with Crippen molar-refractivity contribution in [2.24, 2.45) is 0 Å². The topological polar surface area (TPSA) is 114 Å². The van der Waals surface area contributed by atoms with E-state index in [1.54, 1.807) is 31.9 Å². The van der Waals surface area contributed by atoms with Crippen molar-refractivity contribution < 1.29 is 14.3 Å². The molecule has 1 saturated heterocycles. The summed E-state index contributed by atoms with van der Waals surface area (Å²) in [6.07, 6.45) is 7.82. The van der Waals surface area contributed by atoms with E-state index in [1.807, 2.05) is 30.3 Å². The largest absolute Gasteiger partial charge is 0.496 e. The van der Waals surface area contributed by atoms with Gasteiger partial charge in [0.25, 0.3) is 0 Å². The summed E-state index contributed by atoms with van der Waals surface area (Å²) in [5.41, 5.74) is 3.09. The third kappa shape index (κ3) is 7.36. The van der Waals surface area contributed by atoms with Gasteiger partial charge in [0.15, 0.2) is 0 Å². The van der Waals surface area contributed by atoms with Gasteiger partial charge in [0.05, 0.1) is 32.2 Å². The normalized spacial score (nSPS) is 13.7. The molecule has 10 heteroatoms. The van der Waals surface area contributed by atoms with E-state index in [1.165, 1.54) is 0 Å². The van der Waals surface area contributed by atoms with Crippen molar-refractivity contribution in [2.75, 3.05) is 57.1 Å². The van der Waals surface area contributed by atoms with E-state index in [-0.39, 0.29) is 6.03 Å². The van der Waals surface area contributed by atoms with Gasteiger partial charge >= 0.3 is 6.03 Å². The molecule has 4 rings (SSSR count). The van der Waals surface area contributed by atoms with Gasteiger partial charge < -0.3 is 25.4 Å². The highest BCUT2D eigenvalue weighted by Gasteiger charge is 2.10. The first-order chi connectivity index (χ1) is 17.2. The Balaban J connectivity index is 1.25. The van der Waals surface area contributed by atoms with Gasteiger partial charge in [0, 0.05) is 61.5 Å². The van der Waals surface area contributed by atoms with E-state index in [9.17, 15) is 4.79 Å². The second kappa shape index (κ2) is 12.6. The van der Waals surface area contributed by atoms with Crippen molar-refractivity contribution in [3.8, 4) is 16.9 Å². The number of hydrogen-bond acceptors (Lipinski definition) is 8. The maximum absolute atomic E-state index is 12.4. The molecule has 10 nitrogen and oxygen atoms in total. The molecular weight excluding hydrogens is 446 g/mol. The zero-order valence-electron chi connectivity index (χ0n) is 19.9. The molecule has 0 saturated carbocycles. The van der Waals surface area contributed by atoms with Crippen molar-refractivity contribution in [2.45, 2.75) is 13.0 Å². The fraction of sp³-hybridized carbons (Fsp3) is 0.360. The Morgan fingerprint density at radius 3 is 2.69 bits per heavy atom. The van der Waals surface area contributed by atoms with Crippen molar-refractivity contribution in [1.82, 2.24) is 25.2 Å². The molecular formula is C25H31N7O3. The van der Waals surface area contributed by atoms with Crippen molar-refractivity contribution in [3.05, 3.63) is 60.7 Å². The van der Waals surface area contributed by atoms with Crippen LogP contribution in [-0.4, -0.2) is 72.4 Å². The summed E-state index contributed by atoms with van der Waals surface area (Å²) in [6, 6.07) is 9.06. The van der Waals surface area contributed by atoms with Crippen LogP contribution in [0.2, 0.25) is 0 Å². The van der Waals surface area contributed by atoms with Gasteiger partial charge in [-0.25, -0.2) is 14.8 Å². The molecule has 1 aliphatic heterocycles. The molecule has 0 radical (unpaired) electrons. The van der Waals surface area contributed by atoms with Crippen LogP contribution in [0.3, 0.4) is 0 Å². The zero-order valence-corrected chi connectivity index (χ0v) is 19.9. The first kappa shape index (κ1) is 24.4. The fourth-order valence-electron chi connectivity index (χ4n) is 3.76. The Morgan fingerprint density at radius 1 is 1.09 bits per heavy atom. The summed E-state index contributed by atoms with van der Waals surface area (Å²) in [6.45, 7) is 5.81. The molecule has 1 aromatic carbocycles. The average molecular weight is 478 g/mol. The summed E-state index contributed by atoms with van der Waals surface area (Å²) in [4.78, 5) is 27.8. The molecule has 1 fully saturated rings. The number of methoxy groups -OCH3 is 1. The molecule has 3 heterocycles. The smallest absolute Gasteiger partial charge is 0.319 e. The lowest BCUT2D eigenvalue weighted by Gasteiger charge is -2.26. The maximum Gasteiger partial charge on any atom is 0.319 e. The number of benzene rings is 1. The minimum atomic E-state index is -0.331. The lowest BCUT2D eigenvalue weighted by atomic mass is 10.1. The number of rotatable bonds is 10. The third-order valence-electron chi connectivity index (χ3n) is 5.65. The number of para-hydroxylation sites is 1. The number of carbonyl (C=O) groups is 1. The maximum atomic E-state index is 12.4. The van der Waals surface area contributed by atoms with Gasteiger partial charge in [-0.1, -0.05) is 18.2 Å². The number of anilines is 2. The van der Waals surface area contributed by atoms with Gasteiger partial charge in [0.2, 0.25) is 5.95 Å². The summed E-state index contributed by atoms with van der Waals surface area (Å²) < 4.78 is 10.7. The second-order valence-electron chi connectivity index (χ2n) is 8.11. The number of aromatic nitrogens is 3. The molecule has 3 aromatic rings. The number of nitrogens with zero attached hydrogens (tertiary/aromatic N) is 4. The molecule has 0 unspecified atom stereocenters. The number of amides is 2. The van der Waals surface area contributed by atoms with E-state index < -0.39 is 0 Å². The van der Waals surface area contributed by atoms with E-state index in [4.69, 9.17) is 9.47 Å². The molecule has 0 aliphatic carbocycles. The Labute approximate surface area is 205 Å². The third-order valence-corrected chi connectivity index (χ3v) is 5.65. The highest BCUT2D eigenvalue weighted by molar-refractivity contribution is 5.89. The molecule has 35 heavy (non-hydrogen) atoms. The number of carbonyl (C=O) groups excluding carboxylic acids is 1. The van der Waals surface area contributed by atoms with Crippen LogP contribution in [0, 0.1) is 0 Å². The van der Waals surface area contributed by atoms with Crippen LogP contribution in [0.25, 0.3) is 11.1 Å². The van der Waals surface area contributed by atoms with Crippen molar-refractivity contribution in [1.29, 1.82) is 0 Å². The Kier molecular flexibility index (Phi) is 8.79. The number of morpholine rings is 1. The second-order valence-corrected chi connectivity index (χ2v) is 8.11. The van der Waals surface area contributed by atoms with Crippen LogP contribution in [0.5, 0.6) is 5.75 Å². The van der Waals surface area contributed by atoms with E-state index >= 15 is 0 Å². The number of urea groups is 1. The van der Waals surface area contributed by atoms with Gasteiger partial charge in [-0.15, -0.1) is 0 Å². The molecule has 184 valence electrons. The van der Waals surface area contributed by atoms with Gasteiger partial charge in [-0.05, 0) is 25.1 Å². The summed E-state index contributed by atoms with van der Waals surface area (Å²) in [5, 5.41) is 8.91. The average Bonchev–Trinajstić information content (AvgIpc) is 2.91. The quantitative estimate of drug-likeness (QED) is 0.382. The van der Waals surface area contributed by atoms with Crippen molar-refractivity contribution >= 4 is 17.7 Å². The summed E-state index contributed by atoms with van der Waals surface area (Å²) in [7, 11) is 1.61. The first-order valence-corrected chi connectivity index (χ1v) is 11.7. The SMILES string of the molecule is COc1ccccc1CNC(=O)Nc1cncc(-c2cnc(NCCCN3CCOCC3)nc2)c1. The van der Waals surface area contributed by atoms with E-state index in [2.05, 4.69) is 35.8 Å². The number of ether oxygens (including phenoxy) is 2. The Bertz CT molecular complexity index is 1090. The highest BCUT2D eigenvalue weighted by Crippen LogP contribution is 2.21. The molecule has 0 atom stereocenters. The summed E-state index contributed by atoms with van der Waals surface area (Å²) >= 11 is 0. The van der Waals surface area contributed by atoms with Gasteiger partial charge in [0.1, 0.15) is 5.75 Å². The highest BCUT2D eigenvalue weighted by atomic mass is 16.5. The Hall–Kier alpha value is -3.76. The molecule has 0 bridgehead atoms. The molecule has 1 aliphatic rings. The first-order valence-electron chi connectivity index (χ1n) is 11.7. The molecule has 2 amide bonds. The lowest BCUT2D eigenvalue weighted by Crippen LogP contribution is -2.37. The molecule has 0 spiro atoms. The number of nitrogens with one attached hydrogen (secondary N) is 3. The van der Waals surface area contributed by atoms with Crippen LogP contribution < -0.4 is 20.7 Å². The molecule has 2 aromatic heterocycles. The molecule has 3 N–H and O–H groups in total. The zero-order chi connectivity index (χ0) is 24.3. The van der Waals surface area contributed by atoms with Crippen LogP contribution in [-0.2, 0) is 11.3 Å². The predicted molar refractivity (Wildman–Crippen MR) is 134 cm³/mol. The fourth-order valence-corrected chi connectivity index (χ4v) is 3.76. The summed E-state index contributed by atoms with van der Waals surface area (Å²) in [5.74, 6) is 1.32. The van der Waals surface area contributed by atoms with E-state index in [0.717, 1.165) is 68.3 Å². The standard InChI is InChI=1S/C25H31N7O3/c1-34-23-6-3-2-5-19(23)15-30-25(33)31-22-13-20(14-26-18-22)21-16-28-24(29-17-21)27-7-4-8-32-9-11-35-12-10-32/h2-3,5-6,13-14,16-18H,4,7-12,15H2,1H3,(H,27,28,29)(H2,30,31,33). The van der Waals surface area contributed by atoms with E-state index in [0.29, 0.717) is 18.2 Å². The van der Waals surface area contributed by atoms with Crippen molar-refractivity contribution in [3.63, 3.8) is 0 Å². The Morgan fingerprint density at radius 2 is 1.89 bits per heavy atom. The lowest BCUT2D eigenvalue weighted by molar-refractivity contribution is 0.0378. The van der Waals surface area contributed by atoms with Crippen LogP contribution in [0.1, 0.15) is 12.0 Å². The van der Waals surface area contributed by atoms with Crippen LogP contribution >= 0.6 is 0 Å². The number of pyridine rings is 1. The minimum absolute atomic E-state index is 0.331. The van der Waals surface area contributed by atoms with Gasteiger partial charge in [-0.2, -0.15) is 0 Å². The number of hydrogen-bond donors (Lipinski definition) is 3.